The van der Waals surface area contributed by atoms with Crippen molar-refractivity contribution in [2.45, 2.75) is 12.1 Å². The van der Waals surface area contributed by atoms with Crippen LogP contribution < -0.4 is 5.56 Å². The van der Waals surface area contributed by atoms with Crippen molar-refractivity contribution in [3.63, 3.8) is 0 Å². The van der Waals surface area contributed by atoms with Crippen LogP contribution in [0.3, 0.4) is 0 Å². The van der Waals surface area contributed by atoms with Crippen LogP contribution in [-0.2, 0) is 9.53 Å². The highest BCUT2D eigenvalue weighted by Gasteiger charge is 2.18. The van der Waals surface area contributed by atoms with E-state index in [1.807, 2.05) is 31.2 Å². The molecule has 1 aliphatic rings. The molecule has 0 atom stereocenters. The molecule has 1 aliphatic heterocycles. The van der Waals surface area contributed by atoms with Crippen LogP contribution in [0.15, 0.2) is 40.4 Å². The number of amides is 1. The van der Waals surface area contributed by atoms with E-state index in [1.54, 1.807) is 9.58 Å². The van der Waals surface area contributed by atoms with Crippen molar-refractivity contribution in [2.75, 3.05) is 32.1 Å². The number of rotatable bonds is 4. The first kappa shape index (κ1) is 17.7. The lowest BCUT2D eigenvalue weighted by atomic mass is 10.2. The molecular weight excluding hydrogens is 366 g/mol. The van der Waals surface area contributed by atoms with Gasteiger partial charge in [0, 0.05) is 13.1 Å². The second kappa shape index (κ2) is 7.53. The lowest BCUT2D eigenvalue weighted by Gasteiger charge is -2.26. The van der Waals surface area contributed by atoms with Crippen molar-refractivity contribution in [1.29, 1.82) is 0 Å². The lowest BCUT2D eigenvalue weighted by molar-refractivity contribution is -0.132. The molecule has 4 rings (SSSR count). The summed E-state index contributed by atoms with van der Waals surface area (Å²) >= 11 is 1.22. The van der Waals surface area contributed by atoms with Crippen LogP contribution in [0.1, 0.15) is 5.56 Å². The topological polar surface area (TPSA) is 93.1 Å². The molecule has 1 saturated heterocycles. The predicted octanol–water partition coefficient (Wildman–Crippen LogP) is 1.37. The summed E-state index contributed by atoms with van der Waals surface area (Å²) < 4.78 is 6.91. The van der Waals surface area contributed by atoms with E-state index in [0.717, 1.165) is 11.3 Å². The number of aromatic nitrogens is 4. The Hall–Kier alpha value is -2.65. The quantitative estimate of drug-likeness (QED) is 0.539. The molecule has 1 N–H and O–H groups in total. The van der Waals surface area contributed by atoms with Gasteiger partial charge in [0.05, 0.1) is 30.9 Å². The third-order valence-electron chi connectivity index (χ3n) is 4.36. The molecule has 27 heavy (non-hydrogen) atoms. The molecule has 2 aromatic heterocycles. The van der Waals surface area contributed by atoms with Crippen LogP contribution in [0.25, 0.3) is 16.7 Å². The second-order valence-corrected chi connectivity index (χ2v) is 7.25. The predicted molar refractivity (Wildman–Crippen MR) is 102 cm³/mol. The number of carbonyl (C=O) groups is 1. The molecule has 140 valence electrons. The molecule has 0 bridgehead atoms. The van der Waals surface area contributed by atoms with Crippen LogP contribution in [0.2, 0.25) is 0 Å². The normalized spacial score (nSPS) is 14.6. The standard InChI is InChI=1S/C18H19N5O3S/c1-12-3-2-4-13(9-12)23-16-14(10-19-23)17(25)21-18(20-16)27-11-15(24)22-5-7-26-8-6-22/h2-4,9-10H,5-8,11H2,1H3,(H,20,21,25). The Labute approximate surface area is 159 Å². The monoisotopic (exact) mass is 385 g/mol. The number of hydrogen-bond acceptors (Lipinski definition) is 6. The Kier molecular flexibility index (Phi) is 4.95. The smallest absolute Gasteiger partial charge is 0.262 e. The number of aromatic amines is 1. The molecule has 0 unspecified atom stereocenters. The fourth-order valence-electron chi connectivity index (χ4n) is 2.95. The van der Waals surface area contributed by atoms with Crippen molar-refractivity contribution in [3.8, 4) is 5.69 Å². The van der Waals surface area contributed by atoms with E-state index >= 15 is 0 Å². The number of morpholine rings is 1. The van der Waals surface area contributed by atoms with E-state index in [0.29, 0.717) is 42.5 Å². The Morgan fingerprint density at radius 1 is 1.33 bits per heavy atom. The maximum Gasteiger partial charge on any atom is 0.262 e. The Morgan fingerprint density at radius 2 is 2.15 bits per heavy atom. The second-order valence-electron chi connectivity index (χ2n) is 6.29. The van der Waals surface area contributed by atoms with Crippen molar-refractivity contribution in [2.24, 2.45) is 0 Å². The Morgan fingerprint density at radius 3 is 2.93 bits per heavy atom. The summed E-state index contributed by atoms with van der Waals surface area (Å²) in [4.78, 5) is 33.7. The zero-order valence-electron chi connectivity index (χ0n) is 14.8. The first-order chi connectivity index (χ1) is 13.1. The van der Waals surface area contributed by atoms with Gasteiger partial charge in [-0.2, -0.15) is 5.10 Å². The zero-order valence-corrected chi connectivity index (χ0v) is 15.7. The summed E-state index contributed by atoms with van der Waals surface area (Å²) in [6, 6.07) is 7.82. The number of aryl methyl sites for hydroxylation is 1. The Balaban J connectivity index is 1.59. The molecule has 0 saturated carbocycles. The molecule has 3 heterocycles. The highest BCUT2D eigenvalue weighted by molar-refractivity contribution is 7.99. The van der Waals surface area contributed by atoms with Gasteiger partial charge in [0.15, 0.2) is 10.8 Å². The van der Waals surface area contributed by atoms with Crippen molar-refractivity contribution < 1.29 is 9.53 Å². The summed E-state index contributed by atoms with van der Waals surface area (Å²) in [5, 5.41) is 5.14. The molecule has 1 amide bonds. The van der Waals surface area contributed by atoms with Crippen LogP contribution in [-0.4, -0.2) is 62.6 Å². The molecule has 1 fully saturated rings. The number of ether oxygens (including phenoxy) is 1. The van der Waals surface area contributed by atoms with Gasteiger partial charge in [0.1, 0.15) is 5.39 Å². The summed E-state index contributed by atoms with van der Waals surface area (Å²) in [6.45, 7) is 4.32. The first-order valence-electron chi connectivity index (χ1n) is 8.65. The molecule has 8 nitrogen and oxygen atoms in total. The van der Waals surface area contributed by atoms with Gasteiger partial charge < -0.3 is 14.6 Å². The third-order valence-corrected chi connectivity index (χ3v) is 5.22. The summed E-state index contributed by atoms with van der Waals surface area (Å²) in [7, 11) is 0. The highest BCUT2D eigenvalue weighted by atomic mass is 32.2. The fraction of sp³-hybridized carbons (Fsp3) is 0.333. The maximum atomic E-state index is 12.4. The van der Waals surface area contributed by atoms with Gasteiger partial charge >= 0.3 is 0 Å². The summed E-state index contributed by atoms with van der Waals surface area (Å²) in [5.41, 5.74) is 2.14. The van der Waals surface area contributed by atoms with E-state index in [4.69, 9.17) is 4.74 Å². The van der Waals surface area contributed by atoms with Crippen LogP contribution in [0.5, 0.6) is 0 Å². The number of nitrogens with zero attached hydrogens (tertiary/aromatic N) is 4. The first-order valence-corrected chi connectivity index (χ1v) is 9.64. The average molecular weight is 385 g/mol. The van der Waals surface area contributed by atoms with E-state index < -0.39 is 0 Å². The molecule has 0 spiro atoms. The van der Waals surface area contributed by atoms with Gasteiger partial charge in [-0.3, -0.25) is 9.59 Å². The van der Waals surface area contributed by atoms with Crippen LogP contribution in [0, 0.1) is 6.92 Å². The molecule has 9 heteroatoms. The highest BCUT2D eigenvalue weighted by Crippen LogP contribution is 2.19. The molecule has 1 aromatic carbocycles. The average Bonchev–Trinajstić information content (AvgIpc) is 3.11. The van der Waals surface area contributed by atoms with Crippen molar-refractivity contribution in [3.05, 3.63) is 46.4 Å². The molecule has 0 aliphatic carbocycles. The van der Waals surface area contributed by atoms with Crippen molar-refractivity contribution in [1.82, 2.24) is 24.6 Å². The number of hydrogen-bond donors (Lipinski definition) is 1. The van der Waals surface area contributed by atoms with Gasteiger partial charge in [-0.15, -0.1) is 0 Å². The van der Waals surface area contributed by atoms with Gasteiger partial charge in [-0.1, -0.05) is 23.9 Å². The minimum atomic E-state index is -0.264. The van der Waals surface area contributed by atoms with Gasteiger partial charge in [-0.25, -0.2) is 9.67 Å². The van der Waals surface area contributed by atoms with Gasteiger partial charge in [0.2, 0.25) is 5.91 Å². The summed E-state index contributed by atoms with van der Waals surface area (Å²) in [5.74, 6) is 0.228. The third kappa shape index (κ3) is 3.74. The van der Waals surface area contributed by atoms with Crippen LogP contribution in [0.4, 0.5) is 0 Å². The van der Waals surface area contributed by atoms with E-state index in [1.165, 1.54) is 18.0 Å². The number of thioether (sulfide) groups is 1. The minimum Gasteiger partial charge on any atom is -0.378 e. The molecular formula is C18H19N5O3S. The lowest BCUT2D eigenvalue weighted by Crippen LogP contribution is -2.41. The number of nitrogens with one attached hydrogen (secondary N) is 1. The number of fused-ring (bicyclic) bond motifs is 1. The number of H-pyrrole nitrogens is 1. The summed E-state index contributed by atoms with van der Waals surface area (Å²) in [6.07, 6.45) is 1.51. The number of benzene rings is 1. The van der Waals surface area contributed by atoms with E-state index in [-0.39, 0.29) is 17.2 Å². The van der Waals surface area contributed by atoms with Crippen LogP contribution >= 0.6 is 11.8 Å². The van der Waals surface area contributed by atoms with E-state index in [9.17, 15) is 9.59 Å². The minimum absolute atomic E-state index is 0.0123. The number of carbonyl (C=O) groups excluding carboxylic acids is 1. The zero-order chi connectivity index (χ0) is 18.8. The Bertz CT molecular complexity index is 1040. The van der Waals surface area contributed by atoms with Gasteiger partial charge in [-0.05, 0) is 24.6 Å². The van der Waals surface area contributed by atoms with E-state index in [2.05, 4.69) is 15.1 Å². The largest absolute Gasteiger partial charge is 0.378 e. The SMILES string of the molecule is Cc1cccc(-n2ncc3c(=O)[nH]c(SCC(=O)N4CCOCC4)nc32)c1. The fourth-order valence-corrected chi connectivity index (χ4v) is 3.71. The molecule has 0 radical (unpaired) electrons. The maximum absolute atomic E-state index is 12.4. The molecule has 3 aromatic rings. The van der Waals surface area contributed by atoms with Gasteiger partial charge in [0.25, 0.3) is 5.56 Å². The van der Waals surface area contributed by atoms with Crippen molar-refractivity contribution >= 4 is 28.7 Å².